The van der Waals surface area contributed by atoms with Crippen molar-refractivity contribution in [2.24, 2.45) is 0 Å². The monoisotopic (exact) mass is 212 g/mol. The lowest BCUT2D eigenvalue weighted by Gasteiger charge is -2.26. The third-order valence-electron chi connectivity index (χ3n) is 2.08. The summed E-state index contributed by atoms with van der Waals surface area (Å²) >= 11 is 10.9. The SMILES string of the molecule is CC1NC(=S)Nc2ccc(Cl)cc21. The lowest BCUT2D eigenvalue weighted by Crippen LogP contribution is -2.35. The van der Waals surface area contributed by atoms with Crippen molar-refractivity contribution in [2.45, 2.75) is 13.0 Å². The van der Waals surface area contributed by atoms with Crippen LogP contribution in [0.25, 0.3) is 0 Å². The third kappa shape index (κ3) is 1.62. The average molecular weight is 213 g/mol. The zero-order chi connectivity index (χ0) is 9.42. The van der Waals surface area contributed by atoms with E-state index in [4.69, 9.17) is 23.8 Å². The molecule has 13 heavy (non-hydrogen) atoms. The summed E-state index contributed by atoms with van der Waals surface area (Å²) in [6.45, 7) is 2.06. The van der Waals surface area contributed by atoms with Gasteiger partial charge in [0.1, 0.15) is 0 Å². The molecular weight excluding hydrogens is 204 g/mol. The highest BCUT2D eigenvalue weighted by molar-refractivity contribution is 7.80. The molecule has 0 saturated heterocycles. The Hall–Kier alpha value is -0.800. The first-order valence-corrected chi connectivity index (χ1v) is 4.82. The fourth-order valence-corrected chi connectivity index (χ4v) is 1.91. The Bertz CT molecular complexity index is 365. The van der Waals surface area contributed by atoms with Crippen molar-refractivity contribution >= 4 is 34.6 Å². The van der Waals surface area contributed by atoms with Crippen LogP contribution in [0, 0.1) is 0 Å². The summed E-state index contributed by atoms with van der Waals surface area (Å²) < 4.78 is 0. The van der Waals surface area contributed by atoms with E-state index in [1.165, 1.54) is 0 Å². The maximum atomic E-state index is 5.89. The van der Waals surface area contributed by atoms with Crippen LogP contribution in [0.5, 0.6) is 0 Å². The van der Waals surface area contributed by atoms with Gasteiger partial charge in [0.15, 0.2) is 5.11 Å². The van der Waals surface area contributed by atoms with Crippen molar-refractivity contribution in [1.29, 1.82) is 0 Å². The van der Waals surface area contributed by atoms with Gasteiger partial charge in [0.2, 0.25) is 0 Å². The van der Waals surface area contributed by atoms with Gasteiger partial charge in [-0.3, -0.25) is 0 Å². The van der Waals surface area contributed by atoms with Crippen molar-refractivity contribution in [3.05, 3.63) is 28.8 Å². The molecule has 4 heteroatoms. The summed E-state index contributed by atoms with van der Waals surface area (Å²) in [5.74, 6) is 0. The number of hydrogen-bond acceptors (Lipinski definition) is 1. The highest BCUT2D eigenvalue weighted by Gasteiger charge is 2.17. The number of anilines is 1. The van der Waals surface area contributed by atoms with Crippen LogP contribution >= 0.6 is 23.8 Å². The summed E-state index contributed by atoms with van der Waals surface area (Å²) in [6.07, 6.45) is 0. The van der Waals surface area contributed by atoms with Crippen molar-refractivity contribution in [2.75, 3.05) is 5.32 Å². The topological polar surface area (TPSA) is 24.1 Å². The first-order chi connectivity index (χ1) is 6.16. The maximum absolute atomic E-state index is 5.89. The Kier molecular flexibility index (Phi) is 2.14. The van der Waals surface area contributed by atoms with Crippen molar-refractivity contribution in [1.82, 2.24) is 5.32 Å². The van der Waals surface area contributed by atoms with Gasteiger partial charge in [0.25, 0.3) is 0 Å². The minimum Gasteiger partial charge on any atom is -0.356 e. The minimum atomic E-state index is 0.224. The largest absolute Gasteiger partial charge is 0.356 e. The lowest BCUT2D eigenvalue weighted by molar-refractivity contribution is 0.713. The molecule has 1 aliphatic rings. The van der Waals surface area contributed by atoms with Gasteiger partial charge < -0.3 is 10.6 Å². The zero-order valence-electron chi connectivity index (χ0n) is 7.10. The van der Waals surface area contributed by atoms with Crippen LogP contribution in [0.1, 0.15) is 18.5 Å². The molecule has 0 fully saturated rings. The van der Waals surface area contributed by atoms with Gasteiger partial charge in [-0.05, 0) is 42.9 Å². The fourth-order valence-electron chi connectivity index (χ4n) is 1.44. The number of rotatable bonds is 0. The van der Waals surface area contributed by atoms with Crippen LogP contribution in [-0.2, 0) is 0 Å². The van der Waals surface area contributed by atoms with E-state index in [-0.39, 0.29) is 6.04 Å². The Morgan fingerprint density at radius 2 is 2.23 bits per heavy atom. The van der Waals surface area contributed by atoms with Gasteiger partial charge in [-0.2, -0.15) is 0 Å². The molecule has 2 N–H and O–H groups in total. The molecule has 0 radical (unpaired) electrons. The van der Waals surface area contributed by atoms with Gasteiger partial charge in [-0.25, -0.2) is 0 Å². The Balaban J connectivity index is 2.49. The molecule has 0 spiro atoms. The number of hydrogen-bond donors (Lipinski definition) is 2. The van der Waals surface area contributed by atoms with Crippen LogP contribution < -0.4 is 10.6 Å². The second-order valence-corrected chi connectivity index (χ2v) is 3.90. The molecule has 0 aliphatic carbocycles. The molecular formula is C9H9ClN2S. The molecule has 2 nitrogen and oxygen atoms in total. The molecule has 0 bridgehead atoms. The Morgan fingerprint density at radius 1 is 1.46 bits per heavy atom. The summed E-state index contributed by atoms with van der Waals surface area (Å²) in [5.41, 5.74) is 2.20. The van der Waals surface area contributed by atoms with Crippen LogP contribution in [0.2, 0.25) is 5.02 Å². The van der Waals surface area contributed by atoms with Gasteiger partial charge in [0.05, 0.1) is 6.04 Å². The standard InChI is InChI=1S/C9H9ClN2S/c1-5-7-4-6(10)2-3-8(7)12-9(13)11-5/h2-5H,1H3,(H2,11,12,13). The van der Waals surface area contributed by atoms with Crippen molar-refractivity contribution in [3.8, 4) is 0 Å². The van der Waals surface area contributed by atoms with E-state index >= 15 is 0 Å². The van der Waals surface area contributed by atoms with E-state index in [1.807, 2.05) is 18.2 Å². The summed E-state index contributed by atoms with van der Waals surface area (Å²) in [4.78, 5) is 0. The minimum absolute atomic E-state index is 0.224. The number of fused-ring (bicyclic) bond motifs is 1. The van der Waals surface area contributed by atoms with Crippen LogP contribution in [-0.4, -0.2) is 5.11 Å². The summed E-state index contributed by atoms with van der Waals surface area (Å²) in [6, 6.07) is 5.97. The number of halogens is 1. The molecule has 1 aromatic carbocycles. The lowest BCUT2D eigenvalue weighted by atomic mass is 10.0. The molecule has 1 aromatic rings. The average Bonchev–Trinajstić information content (AvgIpc) is 2.06. The molecule has 1 atom stereocenters. The molecule has 0 amide bonds. The van der Waals surface area contributed by atoms with Gasteiger partial charge in [-0.15, -0.1) is 0 Å². The zero-order valence-corrected chi connectivity index (χ0v) is 8.67. The van der Waals surface area contributed by atoms with Crippen LogP contribution in [0.3, 0.4) is 0 Å². The molecule has 0 saturated carbocycles. The van der Waals surface area contributed by atoms with Crippen LogP contribution in [0.15, 0.2) is 18.2 Å². The van der Waals surface area contributed by atoms with Gasteiger partial charge in [-0.1, -0.05) is 11.6 Å². The second-order valence-electron chi connectivity index (χ2n) is 3.05. The first kappa shape index (κ1) is 8.78. The predicted molar refractivity (Wildman–Crippen MR) is 59.2 cm³/mol. The van der Waals surface area contributed by atoms with E-state index in [9.17, 15) is 0 Å². The highest BCUT2D eigenvalue weighted by atomic mass is 35.5. The van der Waals surface area contributed by atoms with E-state index in [1.54, 1.807) is 0 Å². The van der Waals surface area contributed by atoms with E-state index in [0.717, 1.165) is 16.3 Å². The van der Waals surface area contributed by atoms with Crippen molar-refractivity contribution < 1.29 is 0 Å². The number of thiocarbonyl (C=S) groups is 1. The van der Waals surface area contributed by atoms with Crippen LogP contribution in [0.4, 0.5) is 5.69 Å². The smallest absolute Gasteiger partial charge is 0.171 e. The van der Waals surface area contributed by atoms with Gasteiger partial charge >= 0.3 is 0 Å². The normalized spacial score (nSPS) is 20.2. The molecule has 68 valence electrons. The maximum Gasteiger partial charge on any atom is 0.171 e. The Morgan fingerprint density at radius 3 is 3.00 bits per heavy atom. The van der Waals surface area contributed by atoms with Crippen molar-refractivity contribution in [3.63, 3.8) is 0 Å². The number of nitrogens with one attached hydrogen (secondary N) is 2. The Labute approximate surface area is 87.3 Å². The summed E-state index contributed by atoms with van der Waals surface area (Å²) in [5, 5.41) is 7.62. The molecule has 1 aliphatic heterocycles. The highest BCUT2D eigenvalue weighted by Crippen LogP contribution is 2.28. The molecule has 0 aromatic heterocycles. The first-order valence-electron chi connectivity index (χ1n) is 4.04. The molecule has 2 rings (SSSR count). The fraction of sp³-hybridized carbons (Fsp3) is 0.222. The predicted octanol–water partition coefficient (Wildman–Crippen LogP) is 2.70. The second kappa shape index (κ2) is 3.16. The van der Waals surface area contributed by atoms with Gasteiger partial charge in [0, 0.05) is 10.7 Å². The summed E-state index contributed by atoms with van der Waals surface area (Å²) in [7, 11) is 0. The van der Waals surface area contributed by atoms with E-state index < -0.39 is 0 Å². The molecule has 1 unspecified atom stereocenters. The number of benzene rings is 1. The quantitative estimate of drug-likeness (QED) is 0.647. The van der Waals surface area contributed by atoms with E-state index in [2.05, 4.69) is 17.6 Å². The third-order valence-corrected chi connectivity index (χ3v) is 2.53. The van der Waals surface area contributed by atoms with E-state index in [0.29, 0.717) is 5.11 Å². The molecule has 1 heterocycles.